The summed E-state index contributed by atoms with van der Waals surface area (Å²) in [6.07, 6.45) is 0.916. The fourth-order valence-corrected chi connectivity index (χ4v) is 2.11. The van der Waals surface area contributed by atoms with E-state index in [0.29, 0.717) is 12.5 Å². The topological polar surface area (TPSA) is 87.7 Å². The van der Waals surface area contributed by atoms with Gasteiger partial charge in [-0.3, -0.25) is 9.59 Å². The summed E-state index contributed by atoms with van der Waals surface area (Å²) >= 11 is 0.908. The van der Waals surface area contributed by atoms with Gasteiger partial charge in [-0.25, -0.2) is 0 Å². The molecule has 128 valence electrons. The van der Waals surface area contributed by atoms with Gasteiger partial charge in [0.15, 0.2) is 0 Å². The molecule has 0 spiro atoms. The molecule has 0 fully saturated rings. The smallest absolute Gasteiger partial charge is 0.246 e. The largest absolute Gasteiger partial charge is 0.392 e. The highest BCUT2D eigenvalue weighted by Gasteiger charge is 2.07. The minimum absolute atomic E-state index is 0.0145. The molecule has 0 saturated carbocycles. The van der Waals surface area contributed by atoms with Gasteiger partial charge in [0.25, 0.3) is 0 Å². The molecule has 0 unspecified atom stereocenters. The van der Waals surface area contributed by atoms with E-state index in [4.69, 9.17) is 9.84 Å². The molecule has 1 aromatic rings. The minimum atomic E-state index is -0.216. The van der Waals surface area contributed by atoms with Crippen LogP contribution < -0.4 is 10.0 Å². The van der Waals surface area contributed by atoms with Crippen LogP contribution in [0.5, 0.6) is 0 Å². The number of anilines is 1. The summed E-state index contributed by atoms with van der Waals surface area (Å²) in [5.74, 6) is 0.322. The summed E-state index contributed by atoms with van der Waals surface area (Å²) < 4.78 is 7.97. The van der Waals surface area contributed by atoms with Crippen LogP contribution in [0.3, 0.4) is 0 Å². The fourth-order valence-electron chi connectivity index (χ4n) is 1.60. The van der Waals surface area contributed by atoms with Crippen LogP contribution in [-0.2, 0) is 20.9 Å². The second-order valence-corrected chi connectivity index (χ2v) is 6.32. The molecule has 0 bridgehead atoms. The standard InChI is InChI=1S/C16H24N2O4S/c1-12(2)7-8-17-15(20)10-22-11-16(21)23-18-14-5-3-13(9-19)4-6-14/h3-6,12,18-19H,7-11H2,1-2H3,(H,17,20). The van der Waals surface area contributed by atoms with E-state index in [2.05, 4.69) is 23.9 Å². The van der Waals surface area contributed by atoms with E-state index in [1.807, 2.05) is 0 Å². The number of amides is 1. The number of hydrogen-bond acceptors (Lipinski definition) is 6. The summed E-state index contributed by atoms with van der Waals surface area (Å²) in [6.45, 7) is 4.53. The summed E-state index contributed by atoms with van der Waals surface area (Å²) in [5.41, 5.74) is 1.56. The van der Waals surface area contributed by atoms with E-state index in [0.717, 1.165) is 29.6 Å². The van der Waals surface area contributed by atoms with Gasteiger partial charge in [-0.1, -0.05) is 26.0 Å². The SMILES string of the molecule is CC(C)CCNC(=O)COCC(=O)SNc1ccc(CO)cc1. The highest BCUT2D eigenvalue weighted by atomic mass is 32.2. The number of benzene rings is 1. The third kappa shape index (κ3) is 9.22. The lowest BCUT2D eigenvalue weighted by Crippen LogP contribution is -2.29. The molecule has 1 amide bonds. The van der Waals surface area contributed by atoms with Crippen molar-refractivity contribution in [3.05, 3.63) is 29.8 Å². The normalized spacial score (nSPS) is 10.6. The first-order chi connectivity index (χ1) is 11.0. The molecule has 3 N–H and O–H groups in total. The zero-order chi connectivity index (χ0) is 17.1. The molecule has 0 aliphatic heterocycles. The van der Waals surface area contributed by atoms with Crippen molar-refractivity contribution in [2.45, 2.75) is 26.9 Å². The predicted octanol–water partition coefficient (Wildman–Crippen LogP) is 1.94. The molecule has 0 aromatic heterocycles. The zero-order valence-electron chi connectivity index (χ0n) is 13.5. The van der Waals surface area contributed by atoms with Gasteiger partial charge in [-0.2, -0.15) is 0 Å². The van der Waals surface area contributed by atoms with Crippen molar-refractivity contribution in [1.82, 2.24) is 5.32 Å². The van der Waals surface area contributed by atoms with Gasteiger partial charge in [-0.15, -0.1) is 0 Å². The van der Waals surface area contributed by atoms with Crippen molar-refractivity contribution in [2.75, 3.05) is 24.5 Å². The van der Waals surface area contributed by atoms with Crippen LogP contribution >= 0.6 is 11.9 Å². The molecule has 23 heavy (non-hydrogen) atoms. The van der Waals surface area contributed by atoms with Crippen LogP contribution in [0.4, 0.5) is 5.69 Å². The molecular formula is C16H24N2O4S. The number of hydrogen-bond donors (Lipinski definition) is 3. The number of carbonyl (C=O) groups is 2. The predicted molar refractivity (Wildman–Crippen MR) is 91.9 cm³/mol. The molecule has 0 atom stereocenters. The summed E-state index contributed by atoms with van der Waals surface area (Å²) in [7, 11) is 0. The number of nitrogens with one attached hydrogen (secondary N) is 2. The van der Waals surface area contributed by atoms with Crippen LogP contribution in [0.15, 0.2) is 24.3 Å². The Morgan fingerprint density at radius 3 is 2.52 bits per heavy atom. The van der Waals surface area contributed by atoms with Crippen molar-refractivity contribution >= 4 is 28.7 Å². The molecule has 0 radical (unpaired) electrons. The molecule has 0 saturated heterocycles. The Labute approximate surface area is 141 Å². The number of rotatable bonds is 10. The van der Waals surface area contributed by atoms with Gasteiger partial charge in [0.2, 0.25) is 11.0 Å². The van der Waals surface area contributed by atoms with E-state index >= 15 is 0 Å². The highest BCUT2D eigenvalue weighted by Crippen LogP contribution is 2.14. The van der Waals surface area contributed by atoms with Gasteiger partial charge >= 0.3 is 0 Å². The first-order valence-corrected chi connectivity index (χ1v) is 8.33. The van der Waals surface area contributed by atoms with Crippen molar-refractivity contribution < 1.29 is 19.4 Å². The van der Waals surface area contributed by atoms with E-state index in [9.17, 15) is 9.59 Å². The lowest BCUT2D eigenvalue weighted by atomic mass is 10.1. The first kappa shape index (κ1) is 19.5. The van der Waals surface area contributed by atoms with E-state index in [1.54, 1.807) is 24.3 Å². The molecular weight excluding hydrogens is 316 g/mol. The Kier molecular flexibility index (Phi) is 9.35. The number of aliphatic hydroxyl groups is 1. The van der Waals surface area contributed by atoms with Gasteiger partial charge in [0.1, 0.15) is 13.2 Å². The Morgan fingerprint density at radius 2 is 1.91 bits per heavy atom. The summed E-state index contributed by atoms with van der Waals surface area (Å²) in [5, 5.41) is 11.5. The second-order valence-electron chi connectivity index (χ2n) is 5.46. The maximum absolute atomic E-state index is 11.6. The Bertz CT molecular complexity index is 491. The second kappa shape index (κ2) is 11.0. The molecule has 0 aliphatic carbocycles. The van der Waals surface area contributed by atoms with Crippen LogP contribution in [0, 0.1) is 5.92 Å². The lowest BCUT2D eigenvalue weighted by molar-refractivity contribution is -0.127. The average molecular weight is 340 g/mol. The minimum Gasteiger partial charge on any atom is -0.392 e. The van der Waals surface area contributed by atoms with Gasteiger partial charge in [0.05, 0.1) is 6.61 Å². The Hall–Kier alpha value is -1.57. The number of carbonyl (C=O) groups excluding carboxylic acids is 2. The van der Waals surface area contributed by atoms with E-state index < -0.39 is 0 Å². The number of aliphatic hydroxyl groups excluding tert-OH is 1. The lowest BCUT2D eigenvalue weighted by Gasteiger charge is -2.08. The molecule has 1 aromatic carbocycles. The van der Waals surface area contributed by atoms with E-state index in [-0.39, 0.29) is 30.8 Å². The summed E-state index contributed by atoms with van der Waals surface area (Å²) in [6, 6.07) is 7.08. The monoisotopic (exact) mass is 340 g/mol. The quantitative estimate of drug-likeness (QED) is 0.564. The van der Waals surface area contributed by atoms with Crippen LogP contribution in [-0.4, -0.2) is 35.9 Å². The molecule has 6 nitrogen and oxygen atoms in total. The van der Waals surface area contributed by atoms with Crippen molar-refractivity contribution in [3.8, 4) is 0 Å². The zero-order valence-corrected chi connectivity index (χ0v) is 14.3. The summed E-state index contributed by atoms with van der Waals surface area (Å²) in [4.78, 5) is 23.1. The van der Waals surface area contributed by atoms with Gasteiger partial charge < -0.3 is 19.9 Å². The maximum atomic E-state index is 11.6. The molecule has 7 heteroatoms. The van der Waals surface area contributed by atoms with Crippen molar-refractivity contribution in [2.24, 2.45) is 5.92 Å². The van der Waals surface area contributed by atoms with Crippen molar-refractivity contribution in [3.63, 3.8) is 0 Å². The van der Waals surface area contributed by atoms with Crippen LogP contribution in [0.1, 0.15) is 25.8 Å². The highest BCUT2D eigenvalue weighted by molar-refractivity contribution is 8.14. The van der Waals surface area contributed by atoms with Gasteiger partial charge in [0, 0.05) is 24.2 Å². The van der Waals surface area contributed by atoms with Crippen molar-refractivity contribution in [1.29, 1.82) is 0 Å². The molecule has 0 heterocycles. The molecule has 1 rings (SSSR count). The third-order valence-corrected chi connectivity index (χ3v) is 3.60. The Morgan fingerprint density at radius 1 is 1.22 bits per heavy atom. The van der Waals surface area contributed by atoms with E-state index in [1.165, 1.54) is 0 Å². The Balaban J connectivity index is 2.13. The average Bonchev–Trinajstić information content (AvgIpc) is 2.53. The number of ether oxygens (including phenoxy) is 1. The first-order valence-electron chi connectivity index (χ1n) is 7.51. The maximum Gasteiger partial charge on any atom is 0.246 e. The third-order valence-electron chi connectivity index (χ3n) is 2.92. The van der Waals surface area contributed by atoms with Crippen LogP contribution in [0.2, 0.25) is 0 Å². The fraction of sp³-hybridized carbons (Fsp3) is 0.500. The molecule has 0 aliphatic rings. The van der Waals surface area contributed by atoms with Gasteiger partial charge in [-0.05, 0) is 30.0 Å². The van der Waals surface area contributed by atoms with Crippen LogP contribution in [0.25, 0.3) is 0 Å².